The predicted octanol–water partition coefficient (Wildman–Crippen LogP) is 3.17. The molecule has 0 spiro atoms. The standard InChI is InChI=1S/C16H20N2/c1-2-9-17-12-15-7-5-14(6-8-15)11-16-4-3-10-18-13-16/h3-8,10,13,17H,2,9,11-12H2,1H3. The maximum absolute atomic E-state index is 4.14. The van der Waals surface area contributed by atoms with Gasteiger partial charge < -0.3 is 5.32 Å². The number of benzene rings is 1. The van der Waals surface area contributed by atoms with Gasteiger partial charge >= 0.3 is 0 Å². The Hall–Kier alpha value is -1.67. The predicted molar refractivity (Wildman–Crippen MR) is 75.5 cm³/mol. The van der Waals surface area contributed by atoms with Gasteiger partial charge in [0.1, 0.15) is 0 Å². The van der Waals surface area contributed by atoms with E-state index >= 15 is 0 Å². The summed E-state index contributed by atoms with van der Waals surface area (Å²) in [5, 5.41) is 3.41. The zero-order valence-electron chi connectivity index (χ0n) is 10.9. The molecule has 2 nitrogen and oxygen atoms in total. The van der Waals surface area contributed by atoms with Crippen LogP contribution in [0.4, 0.5) is 0 Å². The van der Waals surface area contributed by atoms with E-state index in [4.69, 9.17) is 0 Å². The molecule has 0 unspecified atom stereocenters. The minimum Gasteiger partial charge on any atom is -0.313 e. The third-order valence-electron chi connectivity index (χ3n) is 2.91. The molecule has 2 aromatic rings. The van der Waals surface area contributed by atoms with E-state index in [1.54, 1.807) is 0 Å². The summed E-state index contributed by atoms with van der Waals surface area (Å²) in [7, 11) is 0. The van der Waals surface area contributed by atoms with Crippen LogP contribution in [0.1, 0.15) is 30.0 Å². The Morgan fingerprint density at radius 2 is 1.78 bits per heavy atom. The Morgan fingerprint density at radius 1 is 1.00 bits per heavy atom. The summed E-state index contributed by atoms with van der Waals surface area (Å²) in [4.78, 5) is 4.14. The first-order valence-corrected chi connectivity index (χ1v) is 6.56. The van der Waals surface area contributed by atoms with Crippen molar-refractivity contribution in [2.75, 3.05) is 6.54 Å². The molecule has 0 aliphatic heterocycles. The van der Waals surface area contributed by atoms with E-state index in [0.717, 1.165) is 19.5 Å². The van der Waals surface area contributed by atoms with Gasteiger partial charge in [0.25, 0.3) is 0 Å². The highest BCUT2D eigenvalue weighted by atomic mass is 14.8. The third kappa shape index (κ3) is 3.97. The number of pyridine rings is 1. The van der Waals surface area contributed by atoms with Crippen molar-refractivity contribution in [2.24, 2.45) is 0 Å². The molecule has 94 valence electrons. The summed E-state index contributed by atoms with van der Waals surface area (Å²) < 4.78 is 0. The molecule has 1 N–H and O–H groups in total. The SMILES string of the molecule is CCCNCc1ccc(Cc2cccnc2)cc1. The number of nitrogens with one attached hydrogen (secondary N) is 1. The molecule has 0 fully saturated rings. The Balaban J connectivity index is 1.91. The summed E-state index contributed by atoms with van der Waals surface area (Å²) >= 11 is 0. The van der Waals surface area contributed by atoms with Gasteiger partial charge in [0.05, 0.1) is 0 Å². The van der Waals surface area contributed by atoms with Gasteiger partial charge in [-0.1, -0.05) is 37.3 Å². The van der Waals surface area contributed by atoms with Gasteiger partial charge in [-0.2, -0.15) is 0 Å². The lowest BCUT2D eigenvalue weighted by Crippen LogP contribution is -2.13. The monoisotopic (exact) mass is 240 g/mol. The van der Waals surface area contributed by atoms with Crippen LogP contribution in [0.15, 0.2) is 48.8 Å². The molecule has 1 aromatic carbocycles. The van der Waals surface area contributed by atoms with Gasteiger partial charge in [0.15, 0.2) is 0 Å². The van der Waals surface area contributed by atoms with E-state index in [1.807, 2.05) is 18.5 Å². The molecular formula is C16H20N2. The molecule has 0 aliphatic carbocycles. The van der Waals surface area contributed by atoms with Crippen molar-refractivity contribution in [3.63, 3.8) is 0 Å². The van der Waals surface area contributed by atoms with E-state index in [1.165, 1.54) is 23.1 Å². The Labute approximate surface area is 109 Å². The van der Waals surface area contributed by atoms with Crippen molar-refractivity contribution < 1.29 is 0 Å². The first kappa shape index (κ1) is 12.8. The summed E-state index contributed by atoms with van der Waals surface area (Å²) in [5.41, 5.74) is 3.94. The molecule has 0 radical (unpaired) electrons. The van der Waals surface area contributed by atoms with Crippen molar-refractivity contribution >= 4 is 0 Å². The highest BCUT2D eigenvalue weighted by Crippen LogP contribution is 2.09. The smallest absolute Gasteiger partial charge is 0.0303 e. The second-order valence-electron chi connectivity index (χ2n) is 4.53. The molecule has 0 amide bonds. The zero-order valence-corrected chi connectivity index (χ0v) is 10.9. The highest BCUT2D eigenvalue weighted by molar-refractivity contribution is 5.27. The van der Waals surface area contributed by atoms with Crippen LogP contribution in [0.5, 0.6) is 0 Å². The molecule has 0 bridgehead atoms. The molecule has 1 aromatic heterocycles. The first-order chi connectivity index (χ1) is 8.88. The highest BCUT2D eigenvalue weighted by Gasteiger charge is 1.97. The van der Waals surface area contributed by atoms with E-state index in [9.17, 15) is 0 Å². The van der Waals surface area contributed by atoms with Crippen molar-refractivity contribution in [3.05, 3.63) is 65.5 Å². The average Bonchev–Trinajstić information content (AvgIpc) is 2.42. The quantitative estimate of drug-likeness (QED) is 0.784. The lowest BCUT2D eigenvalue weighted by Gasteiger charge is -2.05. The molecule has 0 saturated carbocycles. The maximum Gasteiger partial charge on any atom is 0.0303 e. The van der Waals surface area contributed by atoms with Gasteiger partial charge in [0.2, 0.25) is 0 Å². The van der Waals surface area contributed by atoms with E-state index in [0.29, 0.717) is 0 Å². The summed E-state index contributed by atoms with van der Waals surface area (Å²) in [6, 6.07) is 12.9. The fourth-order valence-corrected chi connectivity index (χ4v) is 1.92. The van der Waals surface area contributed by atoms with E-state index in [-0.39, 0.29) is 0 Å². The van der Waals surface area contributed by atoms with Gasteiger partial charge in [-0.3, -0.25) is 4.98 Å². The van der Waals surface area contributed by atoms with E-state index in [2.05, 4.69) is 47.6 Å². The molecule has 0 saturated heterocycles. The molecule has 0 aliphatic rings. The number of hydrogen-bond acceptors (Lipinski definition) is 2. The fourth-order valence-electron chi connectivity index (χ4n) is 1.92. The number of rotatable bonds is 6. The molecule has 18 heavy (non-hydrogen) atoms. The van der Waals surface area contributed by atoms with Crippen LogP contribution in [-0.4, -0.2) is 11.5 Å². The Morgan fingerprint density at radius 3 is 2.44 bits per heavy atom. The van der Waals surface area contributed by atoms with Crippen LogP contribution >= 0.6 is 0 Å². The second-order valence-corrected chi connectivity index (χ2v) is 4.53. The lowest BCUT2D eigenvalue weighted by atomic mass is 10.0. The maximum atomic E-state index is 4.14. The van der Waals surface area contributed by atoms with Gasteiger partial charge in [-0.05, 0) is 42.1 Å². The number of nitrogens with zero attached hydrogens (tertiary/aromatic N) is 1. The fraction of sp³-hybridized carbons (Fsp3) is 0.312. The van der Waals surface area contributed by atoms with Crippen molar-refractivity contribution in [3.8, 4) is 0 Å². The molecule has 1 heterocycles. The van der Waals surface area contributed by atoms with Crippen LogP contribution in [0.2, 0.25) is 0 Å². The Bertz CT molecular complexity index is 448. The van der Waals surface area contributed by atoms with Crippen molar-refractivity contribution in [1.29, 1.82) is 0 Å². The minimum atomic E-state index is 0.955. The first-order valence-electron chi connectivity index (χ1n) is 6.56. The van der Waals surface area contributed by atoms with Crippen molar-refractivity contribution in [2.45, 2.75) is 26.3 Å². The Kier molecular flexibility index (Phi) is 4.91. The van der Waals surface area contributed by atoms with Crippen molar-refractivity contribution in [1.82, 2.24) is 10.3 Å². The van der Waals surface area contributed by atoms with Crippen LogP contribution in [0, 0.1) is 0 Å². The number of hydrogen-bond donors (Lipinski definition) is 1. The topological polar surface area (TPSA) is 24.9 Å². The van der Waals surface area contributed by atoms with Gasteiger partial charge in [-0.15, -0.1) is 0 Å². The van der Waals surface area contributed by atoms with Crippen LogP contribution in [0.25, 0.3) is 0 Å². The third-order valence-corrected chi connectivity index (χ3v) is 2.91. The molecular weight excluding hydrogens is 220 g/mol. The average molecular weight is 240 g/mol. The molecule has 2 heteroatoms. The second kappa shape index (κ2) is 6.92. The van der Waals surface area contributed by atoms with Crippen LogP contribution < -0.4 is 5.32 Å². The number of aromatic nitrogens is 1. The zero-order chi connectivity index (χ0) is 12.6. The normalized spacial score (nSPS) is 10.5. The lowest BCUT2D eigenvalue weighted by molar-refractivity contribution is 0.675. The van der Waals surface area contributed by atoms with Crippen LogP contribution in [0.3, 0.4) is 0 Å². The van der Waals surface area contributed by atoms with E-state index < -0.39 is 0 Å². The summed E-state index contributed by atoms with van der Waals surface area (Å²) in [6.45, 7) is 4.22. The summed E-state index contributed by atoms with van der Waals surface area (Å²) in [5.74, 6) is 0. The molecule has 2 rings (SSSR count). The van der Waals surface area contributed by atoms with Gasteiger partial charge in [0, 0.05) is 18.9 Å². The largest absolute Gasteiger partial charge is 0.313 e. The van der Waals surface area contributed by atoms with Gasteiger partial charge in [-0.25, -0.2) is 0 Å². The van der Waals surface area contributed by atoms with Crippen LogP contribution in [-0.2, 0) is 13.0 Å². The molecule has 0 atom stereocenters. The minimum absolute atomic E-state index is 0.955. The summed E-state index contributed by atoms with van der Waals surface area (Å²) in [6.07, 6.45) is 5.87.